The van der Waals surface area contributed by atoms with Crippen molar-refractivity contribution < 1.29 is 8.78 Å². The van der Waals surface area contributed by atoms with E-state index in [2.05, 4.69) is 18.9 Å². The summed E-state index contributed by atoms with van der Waals surface area (Å²) < 4.78 is 26.5. The summed E-state index contributed by atoms with van der Waals surface area (Å²) in [6.45, 7) is 2.66. The van der Waals surface area contributed by atoms with E-state index < -0.39 is 11.6 Å². The van der Waals surface area contributed by atoms with E-state index in [1.54, 1.807) is 6.07 Å². The third-order valence-corrected chi connectivity index (χ3v) is 5.01. The van der Waals surface area contributed by atoms with Crippen molar-refractivity contribution in [2.75, 3.05) is 13.6 Å². The maximum absolute atomic E-state index is 13.4. The van der Waals surface area contributed by atoms with Crippen LogP contribution in [0, 0.1) is 17.6 Å². The van der Waals surface area contributed by atoms with Crippen molar-refractivity contribution in [2.24, 2.45) is 11.7 Å². The van der Waals surface area contributed by atoms with Gasteiger partial charge < -0.3 is 5.73 Å². The lowest BCUT2D eigenvalue weighted by atomic mass is 9.83. The molecule has 1 aliphatic carbocycles. The van der Waals surface area contributed by atoms with Crippen LogP contribution in [0.15, 0.2) is 18.2 Å². The van der Waals surface area contributed by atoms with Crippen LogP contribution in [0.3, 0.4) is 0 Å². The molecule has 21 heavy (non-hydrogen) atoms. The second-order valence-corrected chi connectivity index (χ2v) is 6.17. The molecule has 1 unspecified atom stereocenters. The number of halogens is 2. The average molecular weight is 296 g/mol. The van der Waals surface area contributed by atoms with Crippen molar-refractivity contribution >= 4 is 0 Å². The van der Waals surface area contributed by atoms with Crippen LogP contribution in [0.25, 0.3) is 0 Å². The topological polar surface area (TPSA) is 29.3 Å². The molecule has 0 radical (unpaired) electrons. The van der Waals surface area contributed by atoms with Crippen LogP contribution in [0.1, 0.15) is 50.6 Å². The smallest absolute Gasteiger partial charge is 0.159 e. The summed E-state index contributed by atoms with van der Waals surface area (Å²) in [5.41, 5.74) is 6.66. The van der Waals surface area contributed by atoms with E-state index in [-0.39, 0.29) is 6.04 Å². The van der Waals surface area contributed by atoms with Gasteiger partial charge in [0.1, 0.15) is 0 Å². The van der Waals surface area contributed by atoms with Gasteiger partial charge in [-0.2, -0.15) is 0 Å². The molecule has 0 saturated heterocycles. The van der Waals surface area contributed by atoms with Crippen LogP contribution in [-0.4, -0.2) is 24.5 Å². The summed E-state index contributed by atoms with van der Waals surface area (Å²) in [5.74, 6) is -0.760. The summed E-state index contributed by atoms with van der Waals surface area (Å²) in [4.78, 5) is 2.25. The molecule has 1 aromatic carbocycles. The molecule has 1 fully saturated rings. The molecule has 0 amide bonds. The highest BCUT2D eigenvalue weighted by Crippen LogP contribution is 2.32. The molecular weight excluding hydrogens is 270 g/mol. The Bertz CT molecular complexity index is 456. The first-order valence-electron chi connectivity index (χ1n) is 7.93. The molecule has 0 aliphatic heterocycles. The van der Waals surface area contributed by atoms with Crippen molar-refractivity contribution in [3.8, 4) is 0 Å². The zero-order valence-corrected chi connectivity index (χ0v) is 13.0. The van der Waals surface area contributed by atoms with Gasteiger partial charge in [0, 0.05) is 18.6 Å². The summed E-state index contributed by atoms with van der Waals surface area (Å²) >= 11 is 0. The fourth-order valence-corrected chi connectivity index (χ4v) is 3.47. The Balaban J connectivity index is 2.08. The molecule has 2 nitrogen and oxygen atoms in total. The normalized spacial score (nSPS) is 24.3. The quantitative estimate of drug-likeness (QED) is 0.894. The fourth-order valence-electron chi connectivity index (χ4n) is 3.47. The number of hydrogen-bond acceptors (Lipinski definition) is 2. The first-order chi connectivity index (χ1) is 10.1. The first kappa shape index (κ1) is 16.4. The molecular formula is C17H26F2N2. The standard InChI is InChI=1S/C17H26F2N2/c1-3-12-4-7-14(8-5-12)21(2)17(11-20)13-6-9-15(18)16(19)10-13/h6,9-10,12,14,17H,3-5,7-8,11,20H2,1-2H3. The largest absolute Gasteiger partial charge is 0.329 e. The summed E-state index contributed by atoms with van der Waals surface area (Å²) in [5, 5.41) is 0. The Labute approximate surface area is 126 Å². The van der Waals surface area contributed by atoms with Gasteiger partial charge in [0.25, 0.3) is 0 Å². The third kappa shape index (κ3) is 3.80. The van der Waals surface area contributed by atoms with Crippen molar-refractivity contribution in [1.29, 1.82) is 0 Å². The molecule has 2 rings (SSSR count). The Morgan fingerprint density at radius 1 is 1.19 bits per heavy atom. The molecule has 0 spiro atoms. The lowest BCUT2D eigenvalue weighted by molar-refractivity contribution is 0.122. The highest BCUT2D eigenvalue weighted by Gasteiger charge is 2.27. The van der Waals surface area contributed by atoms with Crippen LogP contribution in [-0.2, 0) is 0 Å². The number of likely N-dealkylation sites (N-methyl/N-ethyl adjacent to an activating group) is 1. The van der Waals surface area contributed by atoms with E-state index in [1.165, 1.54) is 31.4 Å². The number of nitrogens with two attached hydrogens (primary N) is 1. The second-order valence-electron chi connectivity index (χ2n) is 6.17. The second kappa shape index (κ2) is 7.32. The summed E-state index contributed by atoms with van der Waals surface area (Å²) in [7, 11) is 2.05. The summed E-state index contributed by atoms with van der Waals surface area (Å²) in [6.07, 6.45) is 6.07. The molecule has 2 N–H and O–H groups in total. The van der Waals surface area contributed by atoms with Gasteiger partial charge >= 0.3 is 0 Å². The summed E-state index contributed by atoms with van der Waals surface area (Å²) in [6, 6.07) is 4.54. The molecule has 1 aliphatic rings. The van der Waals surface area contributed by atoms with Gasteiger partial charge in [-0.15, -0.1) is 0 Å². The highest BCUT2D eigenvalue weighted by atomic mass is 19.2. The van der Waals surface area contributed by atoms with Gasteiger partial charge in [-0.3, -0.25) is 4.90 Å². The molecule has 4 heteroatoms. The van der Waals surface area contributed by atoms with E-state index in [1.807, 2.05) is 0 Å². The van der Waals surface area contributed by atoms with Gasteiger partial charge in [0.2, 0.25) is 0 Å². The van der Waals surface area contributed by atoms with E-state index in [9.17, 15) is 8.78 Å². The van der Waals surface area contributed by atoms with Gasteiger partial charge in [-0.1, -0.05) is 19.4 Å². The average Bonchev–Trinajstić information content (AvgIpc) is 2.51. The Hall–Kier alpha value is -1.00. The molecule has 0 heterocycles. The van der Waals surface area contributed by atoms with Crippen LogP contribution in [0.2, 0.25) is 0 Å². The van der Waals surface area contributed by atoms with Gasteiger partial charge in [-0.05, 0) is 56.3 Å². The van der Waals surface area contributed by atoms with Crippen molar-refractivity contribution in [3.63, 3.8) is 0 Å². The fraction of sp³-hybridized carbons (Fsp3) is 0.647. The van der Waals surface area contributed by atoms with Crippen LogP contribution in [0.4, 0.5) is 8.78 Å². The van der Waals surface area contributed by atoms with Crippen molar-refractivity contribution in [2.45, 2.75) is 51.1 Å². The predicted molar refractivity (Wildman–Crippen MR) is 82.0 cm³/mol. The van der Waals surface area contributed by atoms with E-state index in [0.29, 0.717) is 12.6 Å². The minimum atomic E-state index is -0.805. The number of nitrogens with zero attached hydrogens (tertiary/aromatic N) is 1. The Kier molecular flexibility index (Phi) is 5.71. The lowest BCUT2D eigenvalue weighted by Crippen LogP contribution is -2.40. The Morgan fingerprint density at radius 2 is 1.86 bits per heavy atom. The maximum Gasteiger partial charge on any atom is 0.159 e. The van der Waals surface area contributed by atoms with Crippen molar-refractivity contribution in [1.82, 2.24) is 4.90 Å². The minimum absolute atomic E-state index is 0.0525. The van der Waals surface area contributed by atoms with Gasteiger partial charge in [0.05, 0.1) is 0 Å². The monoisotopic (exact) mass is 296 g/mol. The van der Waals surface area contributed by atoms with Gasteiger partial charge in [0.15, 0.2) is 11.6 Å². The number of rotatable bonds is 5. The van der Waals surface area contributed by atoms with Crippen LogP contribution in [0.5, 0.6) is 0 Å². The van der Waals surface area contributed by atoms with E-state index >= 15 is 0 Å². The SMILES string of the molecule is CCC1CCC(N(C)C(CN)c2ccc(F)c(F)c2)CC1. The molecule has 0 bridgehead atoms. The number of hydrogen-bond donors (Lipinski definition) is 1. The first-order valence-corrected chi connectivity index (χ1v) is 7.93. The lowest BCUT2D eigenvalue weighted by Gasteiger charge is -2.39. The molecule has 1 saturated carbocycles. The molecule has 1 atom stereocenters. The third-order valence-electron chi connectivity index (χ3n) is 5.01. The highest BCUT2D eigenvalue weighted by molar-refractivity contribution is 5.22. The minimum Gasteiger partial charge on any atom is -0.329 e. The van der Waals surface area contributed by atoms with Gasteiger partial charge in [-0.25, -0.2) is 8.78 Å². The maximum atomic E-state index is 13.4. The van der Waals surface area contributed by atoms with Crippen LogP contribution < -0.4 is 5.73 Å². The zero-order valence-electron chi connectivity index (χ0n) is 13.0. The van der Waals surface area contributed by atoms with E-state index in [4.69, 9.17) is 5.73 Å². The van der Waals surface area contributed by atoms with E-state index in [0.717, 1.165) is 24.3 Å². The molecule has 0 aromatic heterocycles. The molecule has 118 valence electrons. The zero-order chi connectivity index (χ0) is 15.4. The molecule has 1 aromatic rings. The predicted octanol–water partition coefficient (Wildman–Crippen LogP) is 3.87. The Morgan fingerprint density at radius 3 is 2.38 bits per heavy atom. The van der Waals surface area contributed by atoms with Crippen LogP contribution >= 0.6 is 0 Å². The number of benzene rings is 1. The van der Waals surface area contributed by atoms with Crippen molar-refractivity contribution in [3.05, 3.63) is 35.4 Å².